The van der Waals surface area contributed by atoms with E-state index in [1.165, 1.54) is 0 Å². The zero-order valence-electron chi connectivity index (χ0n) is 16.5. The lowest BCUT2D eigenvalue weighted by Crippen LogP contribution is -2.58. The number of sulfonamides is 1. The molecule has 1 fully saturated rings. The zero-order chi connectivity index (χ0) is 20.9. The third kappa shape index (κ3) is 6.18. The summed E-state index contributed by atoms with van der Waals surface area (Å²) in [5.74, 6) is 0. The van der Waals surface area contributed by atoms with Crippen LogP contribution in [-0.2, 0) is 21.2 Å². The van der Waals surface area contributed by atoms with Crippen LogP contribution in [0.3, 0.4) is 0 Å². The maximum Gasteiger partial charge on any atom is 0.410 e. The predicted molar refractivity (Wildman–Crippen MR) is 111 cm³/mol. The fourth-order valence-corrected chi connectivity index (χ4v) is 4.24. The number of likely N-dealkylation sites (tertiary alicyclic amines) is 1. The maximum atomic E-state index is 12.6. The van der Waals surface area contributed by atoms with E-state index in [4.69, 9.17) is 16.3 Å². The molecule has 1 aromatic rings. The Bertz CT molecular complexity index is 813. The van der Waals surface area contributed by atoms with E-state index in [2.05, 4.69) is 16.3 Å². The number of hydrogen-bond donors (Lipinski definition) is 1. The van der Waals surface area contributed by atoms with Gasteiger partial charge in [0.2, 0.25) is 10.0 Å². The summed E-state index contributed by atoms with van der Waals surface area (Å²) in [4.78, 5) is 18.8. The predicted octanol–water partition coefficient (Wildman–Crippen LogP) is 3.15. The molecule has 1 aliphatic rings. The molecular weight excluding hydrogens is 402 g/mol. The van der Waals surface area contributed by atoms with Crippen LogP contribution in [-0.4, -0.2) is 54.3 Å². The number of allylic oxidation sites excluding steroid dienone is 1. The molecule has 9 heteroatoms. The Hall–Kier alpha value is -1.64. The molecule has 2 atom stereocenters. The van der Waals surface area contributed by atoms with E-state index in [9.17, 15) is 13.2 Å². The number of amides is 1. The average molecular weight is 430 g/mol. The van der Waals surface area contributed by atoms with Crippen molar-refractivity contribution in [2.75, 3.05) is 11.8 Å². The third-order valence-corrected chi connectivity index (χ3v) is 6.30. The second kappa shape index (κ2) is 9.71. The minimum Gasteiger partial charge on any atom is -0.447 e. The summed E-state index contributed by atoms with van der Waals surface area (Å²) in [6.45, 7) is 9.84. The number of pyridine rings is 1. The van der Waals surface area contributed by atoms with Crippen LogP contribution >= 0.6 is 11.6 Å². The maximum absolute atomic E-state index is 12.6. The highest BCUT2D eigenvalue weighted by molar-refractivity contribution is 7.90. The number of carbonyl (C=O) groups excluding carboxylic acids is 1. The number of halogens is 1. The summed E-state index contributed by atoms with van der Waals surface area (Å²) < 4.78 is 32.1. The number of ether oxygens (including phenoxy) is 1. The summed E-state index contributed by atoms with van der Waals surface area (Å²) >= 11 is 5.57. The number of nitrogens with one attached hydrogen (secondary N) is 1. The van der Waals surface area contributed by atoms with Gasteiger partial charge in [0.1, 0.15) is 5.21 Å². The van der Waals surface area contributed by atoms with E-state index in [0.717, 1.165) is 17.0 Å². The number of aromatic nitrogens is 1. The van der Waals surface area contributed by atoms with Gasteiger partial charge in [0.05, 0.1) is 17.8 Å². The Kier molecular flexibility index (Phi) is 7.86. The van der Waals surface area contributed by atoms with E-state index in [-0.39, 0.29) is 6.10 Å². The van der Waals surface area contributed by atoms with Crippen LogP contribution < -0.4 is 4.72 Å². The molecule has 2 heterocycles. The molecule has 28 heavy (non-hydrogen) atoms. The molecule has 2 rings (SSSR count). The number of alkyl halides is 1. The quantitative estimate of drug-likeness (QED) is 0.672. The Morgan fingerprint density at radius 2 is 2.18 bits per heavy atom. The normalized spacial score (nSPS) is 20.2. The van der Waals surface area contributed by atoms with Gasteiger partial charge in [-0.1, -0.05) is 12.6 Å². The van der Waals surface area contributed by atoms with Crippen molar-refractivity contribution in [2.24, 2.45) is 0 Å². The zero-order valence-corrected chi connectivity index (χ0v) is 18.1. The molecular formula is C19H28ClN3O4S. The van der Waals surface area contributed by atoms with Gasteiger partial charge >= 0.3 is 6.09 Å². The first-order valence-electron chi connectivity index (χ1n) is 9.28. The molecule has 1 amide bonds. The smallest absolute Gasteiger partial charge is 0.410 e. The van der Waals surface area contributed by atoms with E-state index >= 15 is 0 Å². The summed E-state index contributed by atoms with van der Waals surface area (Å²) in [7, 11) is -3.64. The second-order valence-electron chi connectivity index (χ2n) is 7.28. The lowest BCUT2D eigenvalue weighted by atomic mass is 9.93. The van der Waals surface area contributed by atoms with E-state index in [1.807, 2.05) is 25.1 Å². The van der Waals surface area contributed by atoms with Crippen LogP contribution in [0.4, 0.5) is 4.79 Å². The first-order chi connectivity index (χ1) is 13.1. The number of carbonyl (C=O) groups is 1. The highest BCUT2D eigenvalue weighted by Gasteiger charge is 2.37. The topological polar surface area (TPSA) is 88.6 Å². The lowest BCUT2D eigenvalue weighted by Gasteiger charge is -2.41. The molecule has 0 saturated carbocycles. The van der Waals surface area contributed by atoms with Crippen LogP contribution in [0.25, 0.3) is 5.57 Å². The van der Waals surface area contributed by atoms with Crippen molar-refractivity contribution in [2.45, 2.75) is 58.2 Å². The highest BCUT2D eigenvalue weighted by atomic mass is 35.5. The highest BCUT2D eigenvalue weighted by Crippen LogP contribution is 2.24. The van der Waals surface area contributed by atoms with Gasteiger partial charge in [0.25, 0.3) is 0 Å². The van der Waals surface area contributed by atoms with Gasteiger partial charge in [-0.3, -0.25) is 4.98 Å². The molecule has 0 aromatic carbocycles. The van der Waals surface area contributed by atoms with Gasteiger partial charge in [-0.25, -0.2) is 17.9 Å². The molecule has 7 nitrogen and oxygen atoms in total. The Morgan fingerprint density at radius 3 is 2.79 bits per heavy atom. The van der Waals surface area contributed by atoms with Gasteiger partial charge in [0.15, 0.2) is 0 Å². The molecule has 1 aromatic heterocycles. The summed E-state index contributed by atoms with van der Waals surface area (Å²) in [6.07, 6.45) is 0.943. The van der Waals surface area contributed by atoms with Crippen LogP contribution in [0.5, 0.6) is 0 Å². The van der Waals surface area contributed by atoms with Crippen molar-refractivity contribution in [3.05, 3.63) is 36.2 Å². The van der Waals surface area contributed by atoms with Crippen molar-refractivity contribution in [3.8, 4) is 0 Å². The molecule has 0 bridgehead atoms. The molecule has 1 aliphatic heterocycles. The fraction of sp³-hybridized carbons (Fsp3) is 0.579. The molecule has 1 saturated heterocycles. The minimum absolute atomic E-state index is 0.266. The summed E-state index contributed by atoms with van der Waals surface area (Å²) in [5, 5.41) is -0.532. The van der Waals surface area contributed by atoms with Crippen molar-refractivity contribution in [1.82, 2.24) is 14.6 Å². The lowest BCUT2D eigenvalue weighted by molar-refractivity contribution is 0.0459. The molecule has 156 valence electrons. The Morgan fingerprint density at radius 1 is 1.46 bits per heavy atom. The monoisotopic (exact) mass is 429 g/mol. The fourth-order valence-electron chi connectivity index (χ4n) is 3.25. The average Bonchev–Trinajstić information content (AvgIpc) is 2.62. The number of hydrogen-bond acceptors (Lipinski definition) is 5. The van der Waals surface area contributed by atoms with Gasteiger partial charge in [-0.2, -0.15) is 0 Å². The number of rotatable bonds is 7. The van der Waals surface area contributed by atoms with Gasteiger partial charge < -0.3 is 9.64 Å². The third-order valence-electron chi connectivity index (χ3n) is 4.49. The van der Waals surface area contributed by atoms with Crippen molar-refractivity contribution in [3.63, 3.8) is 0 Å². The van der Waals surface area contributed by atoms with Crippen molar-refractivity contribution >= 4 is 33.3 Å². The van der Waals surface area contributed by atoms with Gasteiger partial charge in [-0.05, 0) is 51.3 Å². The molecule has 0 spiro atoms. The van der Waals surface area contributed by atoms with Crippen LogP contribution in [0, 0.1) is 0 Å². The Labute approximate surface area is 172 Å². The van der Waals surface area contributed by atoms with Gasteiger partial charge in [0, 0.05) is 24.7 Å². The standard InChI is InChI=1S/C19H28ClN3O4S/c1-13(2)16-8-5-7-15(21-16)11-18-17(22-28(25,26)12-20)9-6-10-23(18)19(24)27-14(3)4/h5,7-8,14,17-18,22H,1,6,9-12H2,2-4H3/t17-,18-/m0/s1. The number of piperidine rings is 1. The van der Waals surface area contributed by atoms with E-state index in [0.29, 0.717) is 25.8 Å². The minimum atomic E-state index is -3.64. The summed E-state index contributed by atoms with van der Waals surface area (Å²) in [5.41, 5.74) is 2.35. The second-order valence-corrected chi connectivity index (χ2v) is 9.62. The first-order valence-corrected chi connectivity index (χ1v) is 11.5. The van der Waals surface area contributed by atoms with Crippen LogP contribution in [0.2, 0.25) is 0 Å². The molecule has 0 radical (unpaired) electrons. The number of nitrogens with zero attached hydrogens (tertiary/aromatic N) is 2. The van der Waals surface area contributed by atoms with Crippen molar-refractivity contribution in [1.29, 1.82) is 0 Å². The van der Waals surface area contributed by atoms with Crippen LogP contribution in [0.15, 0.2) is 24.8 Å². The SMILES string of the molecule is C=C(C)c1cccc(C[C@H]2[C@@H](NS(=O)(=O)CCl)CCCN2C(=O)OC(C)C)n1. The van der Waals surface area contributed by atoms with E-state index in [1.54, 1.807) is 18.7 Å². The van der Waals surface area contributed by atoms with Crippen molar-refractivity contribution < 1.29 is 17.9 Å². The Balaban J connectivity index is 2.33. The van der Waals surface area contributed by atoms with E-state index < -0.39 is 33.4 Å². The van der Waals surface area contributed by atoms with Gasteiger partial charge in [-0.15, -0.1) is 11.6 Å². The largest absolute Gasteiger partial charge is 0.447 e. The molecule has 0 aliphatic carbocycles. The van der Waals surface area contributed by atoms with Crippen LogP contribution in [0.1, 0.15) is 45.0 Å². The first kappa shape index (κ1) is 22.6. The molecule has 0 unspecified atom stereocenters. The molecule has 1 N–H and O–H groups in total. The summed E-state index contributed by atoms with van der Waals surface area (Å²) in [6, 6.07) is 4.72.